The smallest absolute Gasteiger partial charge is 0.307 e. The maximum absolute atomic E-state index is 13.6. The molecule has 6 amide bonds. The van der Waals surface area contributed by atoms with E-state index in [-0.39, 0.29) is 79.9 Å². The van der Waals surface area contributed by atoms with Crippen LogP contribution in [0.3, 0.4) is 0 Å². The largest absolute Gasteiger partial charge is 0.469 e. The Hall–Kier alpha value is -4.71. The summed E-state index contributed by atoms with van der Waals surface area (Å²) in [4.78, 5) is 101. The minimum absolute atomic E-state index is 0. The van der Waals surface area contributed by atoms with Crippen LogP contribution in [0.5, 0.6) is 0 Å². The molecule has 1 fully saturated rings. The van der Waals surface area contributed by atoms with Gasteiger partial charge in [0.05, 0.1) is 25.0 Å². The number of nitrogens with one attached hydrogen (secondary N) is 6. The van der Waals surface area contributed by atoms with E-state index in [4.69, 9.17) is 0 Å². The van der Waals surface area contributed by atoms with Crippen LogP contribution in [-0.2, 0) is 57.8 Å². The molecule has 53 heavy (non-hydrogen) atoms. The molecule has 1 heterocycles. The van der Waals surface area contributed by atoms with Crippen LogP contribution in [0, 0.1) is 22.0 Å². The molecule has 1 aromatic carbocycles. The minimum atomic E-state index is -1.51. The van der Waals surface area contributed by atoms with E-state index in [1.165, 1.54) is 43.2 Å². The molecular weight excluding hydrogens is 750 g/mol. The standard InChI is InChI=1S/C33H50N8O10.H2O.Zn/c1-19(2)16-24(30(45)34-14-13-28(44)51-6)38-33(48)29(36-22-9-11-23(12-10-22)41(49)50)39-27(43)18-35-31(46)25(17-20(3)4)37-32(47)26-8-7-15-40(26)21(5)42;;/h9-12,19-20,24-26,29,36H,7-8,13-18H2,1-6H3,(H,34,45)(H,35,46)(H,37,47)(H,38,48)(H,39,43);1H2;/t24-,25-,26-,29+;;/m0../s1. The first-order chi connectivity index (χ1) is 24.0. The van der Waals surface area contributed by atoms with Gasteiger partial charge in [0.1, 0.15) is 18.1 Å². The van der Waals surface area contributed by atoms with E-state index in [0.717, 1.165) is 0 Å². The van der Waals surface area contributed by atoms with Gasteiger partial charge in [-0.1, -0.05) is 27.7 Å². The van der Waals surface area contributed by atoms with E-state index in [1.807, 2.05) is 27.7 Å². The number of benzene rings is 1. The third-order valence-electron chi connectivity index (χ3n) is 7.88. The molecular formula is C33H52N8O11Zn. The average molecular weight is 802 g/mol. The van der Waals surface area contributed by atoms with Crippen LogP contribution in [0.15, 0.2) is 24.3 Å². The van der Waals surface area contributed by atoms with Crippen LogP contribution in [-0.4, -0.2) is 108 Å². The number of nitro benzene ring substituents is 1. The van der Waals surface area contributed by atoms with Gasteiger partial charge in [0.25, 0.3) is 11.6 Å². The summed E-state index contributed by atoms with van der Waals surface area (Å²) in [5, 5.41) is 26.8. The zero-order valence-electron chi connectivity index (χ0n) is 31.1. The molecule has 0 radical (unpaired) electrons. The summed E-state index contributed by atoms with van der Waals surface area (Å²) in [6.45, 7) is 8.56. The first-order valence-electron chi connectivity index (χ1n) is 16.8. The van der Waals surface area contributed by atoms with Crippen molar-refractivity contribution in [1.82, 2.24) is 31.5 Å². The summed E-state index contributed by atoms with van der Waals surface area (Å²) >= 11 is 0. The predicted octanol–water partition coefficient (Wildman–Crippen LogP) is -0.510. The average Bonchev–Trinajstić information content (AvgIpc) is 3.57. The topological polar surface area (TPSA) is 279 Å². The molecule has 4 atom stereocenters. The fourth-order valence-corrected chi connectivity index (χ4v) is 5.37. The van der Waals surface area contributed by atoms with Gasteiger partial charge in [-0.05, 0) is 49.7 Å². The number of carbonyl (C=O) groups excluding carboxylic acids is 7. The molecule has 292 valence electrons. The van der Waals surface area contributed by atoms with E-state index < -0.39 is 71.3 Å². The van der Waals surface area contributed by atoms with Crippen LogP contribution in [0.2, 0.25) is 0 Å². The van der Waals surface area contributed by atoms with Crippen molar-refractivity contribution in [2.24, 2.45) is 11.8 Å². The molecule has 0 saturated carbocycles. The van der Waals surface area contributed by atoms with Gasteiger partial charge in [-0.15, -0.1) is 0 Å². The van der Waals surface area contributed by atoms with Crippen LogP contribution < -0.4 is 31.9 Å². The molecule has 1 aliphatic heterocycles. The Labute approximate surface area is 321 Å². The van der Waals surface area contributed by atoms with Crippen LogP contribution >= 0.6 is 0 Å². The van der Waals surface area contributed by atoms with Crippen molar-refractivity contribution >= 4 is 52.8 Å². The Kier molecular flexibility index (Phi) is 21.7. The van der Waals surface area contributed by atoms with E-state index in [9.17, 15) is 43.7 Å². The van der Waals surface area contributed by atoms with Crippen LogP contribution in [0.1, 0.15) is 66.7 Å². The molecule has 1 aliphatic rings. The monoisotopic (exact) mass is 800 g/mol. The molecule has 8 N–H and O–H groups in total. The second-order valence-corrected chi connectivity index (χ2v) is 13.0. The van der Waals surface area contributed by atoms with Crippen molar-refractivity contribution < 1.29 is 68.2 Å². The first kappa shape index (κ1) is 48.3. The van der Waals surface area contributed by atoms with Gasteiger partial charge in [0.2, 0.25) is 29.5 Å². The Bertz CT molecular complexity index is 1430. The molecule has 0 aliphatic carbocycles. The van der Waals surface area contributed by atoms with Crippen molar-refractivity contribution in [2.45, 2.75) is 91.0 Å². The maximum Gasteiger partial charge on any atom is 0.307 e. The summed E-state index contributed by atoms with van der Waals surface area (Å²) < 4.78 is 4.58. The number of likely N-dealkylation sites (tertiary alicyclic amines) is 1. The van der Waals surface area contributed by atoms with Gasteiger partial charge in [-0.2, -0.15) is 0 Å². The number of nitro groups is 1. The van der Waals surface area contributed by atoms with Crippen molar-refractivity contribution in [2.75, 3.05) is 32.1 Å². The number of carbonyl (C=O) groups is 7. The maximum atomic E-state index is 13.6. The number of anilines is 1. The van der Waals surface area contributed by atoms with Gasteiger partial charge >= 0.3 is 5.97 Å². The van der Waals surface area contributed by atoms with Gasteiger partial charge in [0.15, 0.2) is 6.17 Å². The molecule has 19 nitrogen and oxygen atoms in total. The number of hydrogen-bond donors (Lipinski definition) is 6. The molecule has 1 saturated heterocycles. The summed E-state index contributed by atoms with van der Waals surface area (Å²) in [5.74, 6) is -4.18. The van der Waals surface area contributed by atoms with Gasteiger partial charge < -0.3 is 47.0 Å². The summed E-state index contributed by atoms with van der Waals surface area (Å²) in [5.41, 5.74) is 0.0122. The SMILES string of the molecule is COC(=O)CCNC(=O)[C@H](CC(C)C)NC(=O)[C@@H](NC(=O)CNC(=O)[C@H](CC(C)C)NC(=O)[C@@H]1CCCN1C(C)=O)Nc1ccc([N+](=O)[O-])cc1.O.[Zn]. The molecule has 0 bridgehead atoms. The van der Waals surface area contributed by atoms with Gasteiger partial charge in [-0.25, -0.2) is 0 Å². The number of rotatable bonds is 19. The predicted molar refractivity (Wildman–Crippen MR) is 188 cm³/mol. The summed E-state index contributed by atoms with van der Waals surface area (Å²) in [6.07, 6.45) is -0.0346. The fourth-order valence-electron chi connectivity index (χ4n) is 5.37. The van der Waals surface area contributed by atoms with Crippen LogP contribution in [0.25, 0.3) is 0 Å². The minimum Gasteiger partial charge on any atom is -0.469 e. The molecule has 2 rings (SSSR count). The number of non-ortho nitro benzene ring substituents is 1. The normalized spacial score (nSPS) is 15.0. The van der Waals surface area contributed by atoms with E-state index in [2.05, 4.69) is 36.6 Å². The third kappa shape index (κ3) is 16.7. The number of esters is 1. The quantitative estimate of drug-likeness (QED) is 0.0341. The third-order valence-corrected chi connectivity index (χ3v) is 7.88. The van der Waals surface area contributed by atoms with Crippen molar-refractivity contribution in [3.8, 4) is 0 Å². The van der Waals surface area contributed by atoms with Gasteiger partial charge in [-0.3, -0.25) is 43.7 Å². The Morgan fingerprint density at radius 2 is 1.45 bits per heavy atom. The number of nitrogens with zero attached hydrogens (tertiary/aromatic N) is 2. The molecule has 0 aromatic heterocycles. The van der Waals surface area contributed by atoms with E-state index in [1.54, 1.807) is 0 Å². The molecule has 0 unspecified atom stereocenters. The van der Waals surface area contributed by atoms with Crippen LogP contribution in [0.4, 0.5) is 11.4 Å². The first-order valence-corrected chi connectivity index (χ1v) is 16.8. The summed E-state index contributed by atoms with van der Waals surface area (Å²) in [6, 6.07) is 2.27. The van der Waals surface area contributed by atoms with Crippen molar-refractivity contribution in [3.63, 3.8) is 0 Å². The second kappa shape index (κ2) is 23.8. The molecule has 0 spiro atoms. The van der Waals surface area contributed by atoms with Gasteiger partial charge in [0, 0.05) is 57.3 Å². The Morgan fingerprint density at radius 1 is 0.887 bits per heavy atom. The number of methoxy groups -OCH3 is 1. The molecule has 1 aromatic rings. The Balaban J connectivity index is 0.0000135. The number of amides is 6. The zero-order valence-corrected chi connectivity index (χ0v) is 34.1. The molecule has 20 heteroatoms. The van der Waals surface area contributed by atoms with Crippen molar-refractivity contribution in [1.29, 1.82) is 0 Å². The van der Waals surface area contributed by atoms with E-state index in [0.29, 0.717) is 19.4 Å². The fraction of sp³-hybridized carbons (Fsp3) is 0.606. The van der Waals surface area contributed by atoms with Crippen molar-refractivity contribution in [3.05, 3.63) is 34.4 Å². The second-order valence-electron chi connectivity index (χ2n) is 13.0. The number of ether oxygens (including phenoxy) is 1. The summed E-state index contributed by atoms with van der Waals surface area (Å²) in [7, 11) is 1.22. The Morgan fingerprint density at radius 3 is 1.98 bits per heavy atom. The zero-order chi connectivity index (χ0) is 38.2. The number of hydrogen-bond acceptors (Lipinski definition) is 11. The van der Waals surface area contributed by atoms with E-state index >= 15 is 0 Å².